The number of halogens is 3. The van der Waals surface area contributed by atoms with E-state index < -0.39 is 17.7 Å². The molecule has 2 rings (SSSR count). The van der Waals surface area contributed by atoms with Crippen molar-refractivity contribution in [1.29, 1.82) is 0 Å². The summed E-state index contributed by atoms with van der Waals surface area (Å²) in [5, 5.41) is 13.5. The van der Waals surface area contributed by atoms with Crippen LogP contribution in [0.3, 0.4) is 0 Å². The maximum absolute atomic E-state index is 12.6. The maximum atomic E-state index is 12.6. The van der Waals surface area contributed by atoms with Crippen LogP contribution in [0.5, 0.6) is 0 Å². The summed E-state index contributed by atoms with van der Waals surface area (Å²) in [6.07, 6.45) is -4.14. The second kappa shape index (κ2) is 6.13. The summed E-state index contributed by atoms with van der Waals surface area (Å²) < 4.78 is 37.8. The van der Waals surface area contributed by atoms with Crippen molar-refractivity contribution in [3.63, 3.8) is 0 Å². The zero-order valence-electron chi connectivity index (χ0n) is 10.6. The number of alkyl halides is 3. The topological polar surface area (TPSA) is 62.2 Å². The number of thiazole rings is 1. The molecule has 4 nitrogen and oxygen atoms in total. The molecule has 0 amide bonds. The Morgan fingerprint density at radius 1 is 1.38 bits per heavy atom. The smallest absolute Gasteiger partial charge is 0.416 e. The highest BCUT2D eigenvalue weighted by Gasteiger charge is 2.30. The lowest BCUT2D eigenvalue weighted by molar-refractivity contribution is -0.138. The molecule has 1 aromatic heterocycles. The highest BCUT2D eigenvalue weighted by molar-refractivity contribution is 7.13. The van der Waals surface area contributed by atoms with Gasteiger partial charge in [0.15, 0.2) is 5.13 Å². The number of aromatic nitrogens is 1. The molecular formula is C13H11F3N2O2S. The fourth-order valence-corrected chi connectivity index (χ4v) is 2.38. The van der Waals surface area contributed by atoms with Gasteiger partial charge in [0.25, 0.3) is 0 Å². The van der Waals surface area contributed by atoms with E-state index in [1.807, 2.05) is 0 Å². The lowest BCUT2D eigenvalue weighted by Gasteiger charge is -2.08. The Balaban J connectivity index is 2.07. The first-order valence-electron chi connectivity index (χ1n) is 5.95. The molecule has 0 atom stereocenters. The number of anilines is 2. The quantitative estimate of drug-likeness (QED) is 0.877. The molecule has 2 N–H and O–H groups in total. The third-order valence-corrected chi connectivity index (χ3v) is 3.39. The predicted molar refractivity (Wildman–Crippen MR) is 72.8 cm³/mol. The second-order valence-electron chi connectivity index (χ2n) is 4.24. The Bertz CT molecular complexity index is 640. The van der Waals surface area contributed by atoms with E-state index in [0.29, 0.717) is 10.8 Å². The minimum Gasteiger partial charge on any atom is -0.481 e. The summed E-state index contributed by atoms with van der Waals surface area (Å²) in [4.78, 5) is 14.6. The Morgan fingerprint density at radius 2 is 2.14 bits per heavy atom. The fourth-order valence-electron chi connectivity index (χ4n) is 1.61. The predicted octanol–water partition coefficient (Wildman–Crippen LogP) is 3.92. The minimum absolute atomic E-state index is 0.0350. The molecule has 112 valence electrons. The first-order chi connectivity index (χ1) is 9.84. The van der Waals surface area contributed by atoms with E-state index in [4.69, 9.17) is 5.11 Å². The van der Waals surface area contributed by atoms with Gasteiger partial charge in [0.05, 0.1) is 17.7 Å². The molecule has 8 heteroatoms. The third-order valence-electron chi connectivity index (χ3n) is 2.59. The average molecular weight is 316 g/mol. The molecule has 0 spiro atoms. The molecule has 0 unspecified atom stereocenters. The first kappa shape index (κ1) is 15.3. The first-order valence-corrected chi connectivity index (χ1v) is 6.83. The Kier molecular flexibility index (Phi) is 4.46. The van der Waals surface area contributed by atoms with Crippen molar-refractivity contribution in [3.8, 4) is 0 Å². The molecule has 21 heavy (non-hydrogen) atoms. The van der Waals surface area contributed by atoms with Gasteiger partial charge in [-0.1, -0.05) is 6.07 Å². The highest BCUT2D eigenvalue weighted by Crippen LogP contribution is 2.31. The number of hydrogen-bond acceptors (Lipinski definition) is 4. The normalized spacial score (nSPS) is 11.4. The summed E-state index contributed by atoms with van der Waals surface area (Å²) in [5.74, 6) is -0.921. The third kappa shape index (κ3) is 4.45. The largest absolute Gasteiger partial charge is 0.481 e. The SMILES string of the molecule is O=C(O)CCc1csc(Nc2cccc(C(F)(F)F)c2)n1. The van der Waals surface area contributed by atoms with Crippen LogP contribution in [-0.2, 0) is 17.4 Å². The number of nitrogens with zero attached hydrogens (tertiary/aromatic N) is 1. The number of benzene rings is 1. The van der Waals surface area contributed by atoms with Gasteiger partial charge in [-0.05, 0) is 18.2 Å². The maximum Gasteiger partial charge on any atom is 0.416 e. The number of aliphatic carboxylic acids is 1. The molecule has 1 aromatic carbocycles. The molecule has 0 radical (unpaired) electrons. The average Bonchev–Trinajstić information content (AvgIpc) is 2.83. The molecular weight excluding hydrogens is 305 g/mol. The van der Waals surface area contributed by atoms with Crippen molar-refractivity contribution >= 4 is 28.1 Å². The molecule has 0 bridgehead atoms. The van der Waals surface area contributed by atoms with E-state index in [0.717, 1.165) is 12.1 Å². The number of rotatable bonds is 5. The van der Waals surface area contributed by atoms with E-state index >= 15 is 0 Å². The number of carbonyl (C=O) groups is 1. The summed E-state index contributed by atoms with van der Waals surface area (Å²) in [6.45, 7) is 0. The summed E-state index contributed by atoms with van der Waals surface area (Å²) in [7, 11) is 0. The van der Waals surface area contributed by atoms with Gasteiger partial charge in [-0.25, -0.2) is 4.98 Å². The van der Waals surface area contributed by atoms with Crippen molar-refractivity contribution in [3.05, 3.63) is 40.9 Å². The van der Waals surface area contributed by atoms with Gasteiger partial charge in [-0.15, -0.1) is 11.3 Å². The van der Waals surface area contributed by atoms with Crippen LogP contribution < -0.4 is 5.32 Å². The fraction of sp³-hybridized carbons (Fsp3) is 0.231. The Morgan fingerprint density at radius 3 is 2.81 bits per heavy atom. The molecule has 0 saturated heterocycles. The van der Waals surface area contributed by atoms with Crippen LogP contribution in [0, 0.1) is 0 Å². The van der Waals surface area contributed by atoms with Crippen LogP contribution >= 0.6 is 11.3 Å². The number of nitrogens with one attached hydrogen (secondary N) is 1. The minimum atomic E-state index is -4.40. The highest BCUT2D eigenvalue weighted by atomic mass is 32.1. The van der Waals surface area contributed by atoms with Crippen molar-refractivity contribution in [2.75, 3.05) is 5.32 Å². The van der Waals surface area contributed by atoms with Crippen molar-refractivity contribution in [2.24, 2.45) is 0 Å². The summed E-state index contributed by atoms with van der Waals surface area (Å²) >= 11 is 1.21. The van der Waals surface area contributed by atoms with E-state index in [1.54, 1.807) is 5.38 Å². The molecule has 0 aliphatic carbocycles. The Hall–Kier alpha value is -2.09. The van der Waals surface area contributed by atoms with Crippen LogP contribution in [0.2, 0.25) is 0 Å². The van der Waals surface area contributed by atoms with Gasteiger partial charge in [0.2, 0.25) is 0 Å². The molecule has 0 aliphatic heterocycles. The second-order valence-corrected chi connectivity index (χ2v) is 5.10. The van der Waals surface area contributed by atoms with Crippen LogP contribution in [0.15, 0.2) is 29.6 Å². The van der Waals surface area contributed by atoms with Gasteiger partial charge in [0, 0.05) is 17.5 Å². The number of carboxylic acids is 1. The van der Waals surface area contributed by atoms with Crippen molar-refractivity contribution in [2.45, 2.75) is 19.0 Å². The number of carboxylic acid groups (broad SMARTS) is 1. The van der Waals surface area contributed by atoms with E-state index in [2.05, 4.69) is 10.3 Å². The molecule has 0 saturated carbocycles. The monoisotopic (exact) mass is 316 g/mol. The van der Waals surface area contributed by atoms with Crippen LogP contribution in [0.25, 0.3) is 0 Å². The molecule has 1 heterocycles. The zero-order chi connectivity index (χ0) is 15.5. The van der Waals surface area contributed by atoms with E-state index in [-0.39, 0.29) is 18.5 Å². The number of hydrogen-bond donors (Lipinski definition) is 2. The van der Waals surface area contributed by atoms with Crippen LogP contribution in [0.1, 0.15) is 17.7 Å². The van der Waals surface area contributed by atoms with Gasteiger partial charge in [0.1, 0.15) is 0 Å². The lowest BCUT2D eigenvalue weighted by Crippen LogP contribution is -2.05. The standard InChI is InChI=1S/C13H11F3N2O2S/c14-13(15,16)8-2-1-3-9(6-8)17-12-18-10(7-21-12)4-5-11(19)20/h1-3,6-7H,4-5H2,(H,17,18)(H,19,20). The van der Waals surface area contributed by atoms with Gasteiger partial charge < -0.3 is 10.4 Å². The van der Waals surface area contributed by atoms with Crippen LogP contribution in [-0.4, -0.2) is 16.1 Å². The Labute approximate surface area is 122 Å². The van der Waals surface area contributed by atoms with Crippen molar-refractivity contribution in [1.82, 2.24) is 4.98 Å². The van der Waals surface area contributed by atoms with Gasteiger partial charge in [-0.3, -0.25) is 4.79 Å². The number of aryl methyl sites for hydroxylation is 1. The zero-order valence-corrected chi connectivity index (χ0v) is 11.5. The summed E-state index contributed by atoms with van der Waals surface area (Å²) in [6, 6.07) is 4.81. The van der Waals surface area contributed by atoms with Gasteiger partial charge in [-0.2, -0.15) is 13.2 Å². The van der Waals surface area contributed by atoms with Crippen molar-refractivity contribution < 1.29 is 23.1 Å². The molecule has 2 aromatic rings. The summed E-state index contributed by atoms with van der Waals surface area (Å²) in [5.41, 5.74) is 0.135. The van der Waals surface area contributed by atoms with E-state index in [9.17, 15) is 18.0 Å². The van der Waals surface area contributed by atoms with Crippen LogP contribution in [0.4, 0.5) is 24.0 Å². The lowest BCUT2D eigenvalue weighted by atomic mass is 10.2. The van der Waals surface area contributed by atoms with Gasteiger partial charge >= 0.3 is 12.1 Å². The molecule has 0 fully saturated rings. The molecule has 0 aliphatic rings. The van der Waals surface area contributed by atoms with E-state index in [1.165, 1.54) is 23.5 Å².